The second kappa shape index (κ2) is 10.7. The van der Waals surface area contributed by atoms with Gasteiger partial charge in [0.05, 0.1) is 28.3 Å². The molecule has 0 amide bonds. The third-order valence-corrected chi connectivity index (χ3v) is 8.21. The number of carboxylic acid groups (broad SMARTS) is 1. The van der Waals surface area contributed by atoms with Crippen molar-refractivity contribution in [3.63, 3.8) is 0 Å². The number of H-pyrrole nitrogens is 1. The molecule has 1 saturated heterocycles. The molecule has 4 aromatic rings. The maximum absolute atomic E-state index is 11.4. The molecule has 2 N–H and O–H groups in total. The smallest absolute Gasteiger partial charge is 0.337 e. The van der Waals surface area contributed by atoms with Gasteiger partial charge in [0.25, 0.3) is 0 Å². The van der Waals surface area contributed by atoms with Crippen LogP contribution in [0.25, 0.3) is 22.2 Å². The predicted molar refractivity (Wildman–Crippen MR) is 147 cm³/mol. The van der Waals surface area contributed by atoms with Gasteiger partial charge in [0, 0.05) is 47.2 Å². The molecular formula is C29H29Cl2N3O4. The van der Waals surface area contributed by atoms with Crippen LogP contribution in [0.15, 0.2) is 47.1 Å². The summed E-state index contributed by atoms with van der Waals surface area (Å²) in [4.78, 5) is 16.9. The van der Waals surface area contributed by atoms with Crippen LogP contribution in [0.2, 0.25) is 10.0 Å². The number of aromatic nitrogens is 2. The maximum Gasteiger partial charge on any atom is 0.337 e. The zero-order valence-electron chi connectivity index (χ0n) is 20.9. The second-order valence-corrected chi connectivity index (χ2v) is 11.1. The van der Waals surface area contributed by atoms with Gasteiger partial charge < -0.3 is 19.4 Å². The minimum absolute atomic E-state index is 0.139. The molecule has 1 aliphatic heterocycles. The number of hydrogen-bond donors (Lipinski definition) is 2. The summed E-state index contributed by atoms with van der Waals surface area (Å²) in [7, 11) is 0. The first-order chi connectivity index (χ1) is 18.5. The standard InChI is InChI=1S/C29H29Cl2N3O4/c30-23-4-1-5-24(31)26(23)27-22(28(38-33-27)18-7-8-18)16-37-19-3-2-11-34(12-10-19)15-17-6-9-20-21(29(35)36)14-32-25(20)13-17/h1,4-6,9,13-14,18-19,32H,2-3,7-8,10-12,15-16H2,(H,35,36)/t19-/m1/s1. The lowest BCUT2D eigenvalue weighted by atomic mass is 10.0. The number of nitrogens with zero attached hydrogens (tertiary/aromatic N) is 2. The largest absolute Gasteiger partial charge is 0.478 e. The lowest BCUT2D eigenvalue weighted by molar-refractivity contribution is 0.0306. The van der Waals surface area contributed by atoms with E-state index in [4.69, 9.17) is 32.5 Å². The Morgan fingerprint density at radius 1 is 1.13 bits per heavy atom. The molecule has 2 aliphatic rings. The van der Waals surface area contributed by atoms with Crippen molar-refractivity contribution in [2.24, 2.45) is 0 Å². The molecule has 1 atom stereocenters. The van der Waals surface area contributed by atoms with Crippen LogP contribution in [0, 0.1) is 0 Å². The highest BCUT2D eigenvalue weighted by molar-refractivity contribution is 6.39. The molecular weight excluding hydrogens is 525 g/mol. The Balaban J connectivity index is 1.11. The molecule has 1 saturated carbocycles. The van der Waals surface area contributed by atoms with Crippen molar-refractivity contribution in [2.75, 3.05) is 13.1 Å². The van der Waals surface area contributed by atoms with Crippen LogP contribution in [-0.2, 0) is 17.9 Å². The van der Waals surface area contributed by atoms with E-state index in [2.05, 4.69) is 15.0 Å². The highest BCUT2D eigenvalue weighted by atomic mass is 35.5. The minimum Gasteiger partial charge on any atom is -0.478 e. The van der Waals surface area contributed by atoms with Crippen LogP contribution in [0.3, 0.4) is 0 Å². The van der Waals surface area contributed by atoms with E-state index < -0.39 is 5.97 Å². The molecule has 38 heavy (non-hydrogen) atoms. The number of carboxylic acids is 1. The van der Waals surface area contributed by atoms with Crippen LogP contribution in [0.1, 0.15) is 65.3 Å². The predicted octanol–water partition coefficient (Wildman–Crippen LogP) is 7.28. The number of rotatable bonds is 8. The third kappa shape index (κ3) is 5.21. The van der Waals surface area contributed by atoms with Gasteiger partial charge in [-0.2, -0.15) is 0 Å². The SMILES string of the molecule is O=C(O)c1c[nH]c2cc(CN3CCC[C@@H](OCc4c(-c5c(Cl)cccc5Cl)noc4C4CC4)CC3)ccc12. The normalized spacial score (nSPS) is 18.6. The van der Waals surface area contributed by atoms with Crippen LogP contribution in [0.4, 0.5) is 0 Å². The van der Waals surface area contributed by atoms with Crippen LogP contribution < -0.4 is 0 Å². The number of aromatic amines is 1. The van der Waals surface area contributed by atoms with Gasteiger partial charge in [0.15, 0.2) is 0 Å². The molecule has 0 unspecified atom stereocenters. The second-order valence-electron chi connectivity index (χ2n) is 10.3. The van der Waals surface area contributed by atoms with E-state index >= 15 is 0 Å². The lowest BCUT2D eigenvalue weighted by Crippen LogP contribution is -2.25. The van der Waals surface area contributed by atoms with Gasteiger partial charge in [0.2, 0.25) is 0 Å². The molecule has 9 heteroatoms. The van der Waals surface area contributed by atoms with Crippen molar-refractivity contribution in [1.82, 2.24) is 15.0 Å². The maximum atomic E-state index is 11.4. The van der Waals surface area contributed by atoms with E-state index in [1.54, 1.807) is 6.20 Å². The van der Waals surface area contributed by atoms with Gasteiger partial charge in [-0.25, -0.2) is 4.79 Å². The number of carbonyl (C=O) groups is 1. The van der Waals surface area contributed by atoms with Crippen molar-refractivity contribution >= 4 is 40.1 Å². The van der Waals surface area contributed by atoms with Crippen molar-refractivity contribution in [3.8, 4) is 11.3 Å². The summed E-state index contributed by atoms with van der Waals surface area (Å²) in [5, 5.41) is 15.6. The molecule has 1 aliphatic carbocycles. The summed E-state index contributed by atoms with van der Waals surface area (Å²) >= 11 is 13.0. The fraction of sp³-hybridized carbons (Fsp3) is 0.379. The number of ether oxygens (including phenoxy) is 1. The van der Waals surface area contributed by atoms with Gasteiger partial charge in [0.1, 0.15) is 11.5 Å². The van der Waals surface area contributed by atoms with Gasteiger partial charge in [-0.15, -0.1) is 0 Å². The molecule has 7 nitrogen and oxygen atoms in total. The van der Waals surface area contributed by atoms with E-state index in [0.29, 0.717) is 39.4 Å². The van der Waals surface area contributed by atoms with Gasteiger partial charge >= 0.3 is 5.97 Å². The lowest BCUT2D eigenvalue weighted by Gasteiger charge is -2.20. The fourth-order valence-corrected chi connectivity index (χ4v) is 5.98. The zero-order chi connectivity index (χ0) is 26.2. The average Bonchev–Trinajstić information content (AvgIpc) is 3.58. The quantitative estimate of drug-likeness (QED) is 0.238. The average molecular weight is 554 g/mol. The Morgan fingerprint density at radius 2 is 1.95 bits per heavy atom. The Hall–Kier alpha value is -2.84. The number of halogens is 2. The van der Waals surface area contributed by atoms with E-state index in [1.807, 2.05) is 36.4 Å². The topological polar surface area (TPSA) is 91.6 Å². The zero-order valence-corrected chi connectivity index (χ0v) is 22.4. The van der Waals surface area contributed by atoms with Gasteiger partial charge in [-0.05, 0) is 62.4 Å². The van der Waals surface area contributed by atoms with Gasteiger partial charge in [-0.1, -0.05) is 46.6 Å². The molecule has 2 fully saturated rings. The molecule has 2 aromatic carbocycles. The number of nitrogens with one attached hydrogen (secondary N) is 1. The molecule has 0 spiro atoms. The first kappa shape index (κ1) is 25.4. The van der Waals surface area contributed by atoms with E-state index in [9.17, 15) is 9.90 Å². The number of hydrogen-bond acceptors (Lipinski definition) is 5. The van der Waals surface area contributed by atoms with Crippen LogP contribution in [-0.4, -0.2) is 45.3 Å². The number of likely N-dealkylation sites (tertiary alicyclic amines) is 1. The summed E-state index contributed by atoms with van der Waals surface area (Å²) in [5.74, 6) is 0.376. The molecule has 198 valence electrons. The fourth-order valence-electron chi connectivity index (χ4n) is 5.41. The molecule has 0 bridgehead atoms. The first-order valence-corrected chi connectivity index (χ1v) is 13.8. The minimum atomic E-state index is -0.917. The molecule has 2 aromatic heterocycles. The Bertz CT molecular complexity index is 1460. The molecule has 0 radical (unpaired) electrons. The Morgan fingerprint density at radius 3 is 2.71 bits per heavy atom. The third-order valence-electron chi connectivity index (χ3n) is 7.58. The van der Waals surface area contributed by atoms with E-state index in [0.717, 1.165) is 79.5 Å². The van der Waals surface area contributed by atoms with Crippen LogP contribution >= 0.6 is 23.2 Å². The Kier molecular flexibility index (Phi) is 7.18. The van der Waals surface area contributed by atoms with Crippen molar-refractivity contribution < 1.29 is 19.2 Å². The summed E-state index contributed by atoms with van der Waals surface area (Å²) in [6.45, 7) is 3.16. The van der Waals surface area contributed by atoms with Crippen LogP contribution in [0.5, 0.6) is 0 Å². The number of fused-ring (bicyclic) bond motifs is 1. The Labute approximate surface area is 230 Å². The number of benzene rings is 2. The number of aromatic carboxylic acids is 1. The monoisotopic (exact) mass is 553 g/mol. The first-order valence-electron chi connectivity index (χ1n) is 13.1. The van der Waals surface area contributed by atoms with Crippen molar-refractivity contribution in [2.45, 2.75) is 57.3 Å². The summed E-state index contributed by atoms with van der Waals surface area (Å²) in [6.07, 6.45) is 6.85. The summed E-state index contributed by atoms with van der Waals surface area (Å²) in [6, 6.07) is 11.4. The highest BCUT2D eigenvalue weighted by Gasteiger charge is 2.34. The summed E-state index contributed by atoms with van der Waals surface area (Å²) < 4.78 is 12.3. The molecule has 6 rings (SSSR count). The molecule has 3 heterocycles. The van der Waals surface area contributed by atoms with Crippen molar-refractivity contribution in [3.05, 3.63) is 75.1 Å². The van der Waals surface area contributed by atoms with Crippen molar-refractivity contribution in [1.29, 1.82) is 0 Å². The van der Waals surface area contributed by atoms with E-state index in [-0.39, 0.29) is 6.10 Å². The summed E-state index contributed by atoms with van der Waals surface area (Å²) in [5.41, 5.74) is 4.67. The van der Waals surface area contributed by atoms with Gasteiger partial charge in [-0.3, -0.25) is 4.90 Å². The van der Waals surface area contributed by atoms with E-state index in [1.165, 1.54) is 0 Å². The highest BCUT2D eigenvalue weighted by Crippen LogP contribution is 2.46.